The van der Waals surface area contributed by atoms with Gasteiger partial charge in [-0.05, 0) is 24.1 Å². The van der Waals surface area contributed by atoms with E-state index in [9.17, 15) is 4.79 Å². The Bertz CT molecular complexity index is 624. The van der Waals surface area contributed by atoms with Crippen molar-refractivity contribution >= 4 is 12.0 Å². The summed E-state index contributed by atoms with van der Waals surface area (Å²) in [4.78, 5) is 11.2. The van der Waals surface area contributed by atoms with Crippen LogP contribution < -0.4 is 10.1 Å². The first-order valence-electron chi connectivity index (χ1n) is 6.73. The van der Waals surface area contributed by atoms with Crippen LogP contribution in [0, 0.1) is 0 Å². The van der Waals surface area contributed by atoms with Crippen LogP contribution in [0.5, 0.6) is 5.75 Å². The zero-order valence-electron chi connectivity index (χ0n) is 11.4. The number of hydrogen-bond donors (Lipinski definition) is 1. The summed E-state index contributed by atoms with van der Waals surface area (Å²) in [6.45, 7) is 3.14. The lowest BCUT2D eigenvalue weighted by Gasteiger charge is -2.15. The molecular formula is C17H17NO2. The summed E-state index contributed by atoms with van der Waals surface area (Å²) in [7, 11) is 0. The van der Waals surface area contributed by atoms with Crippen molar-refractivity contribution in [3.63, 3.8) is 0 Å². The molecule has 3 nitrogen and oxygen atoms in total. The number of carbonyl (C=O) groups is 1. The quantitative estimate of drug-likeness (QED) is 0.865. The van der Waals surface area contributed by atoms with Crippen LogP contribution in [0.1, 0.15) is 18.1 Å². The van der Waals surface area contributed by atoms with Gasteiger partial charge in [-0.1, -0.05) is 36.4 Å². The van der Waals surface area contributed by atoms with Crippen molar-refractivity contribution in [1.82, 2.24) is 0 Å². The standard InChI is InChI=1S/C17H17NO2/c1-17(12-19)11-18-16-9-14(7-8-15(16)17)20-10-13-5-3-2-4-6-13/h2-9,12,18H,10-11H2,1H3. The lowest BCUT2D eigenvalue weighted by atomic mass is 9.86. The molecule has 102 valence electrons. The summed E-state index contributed by atoms with van der Waals surface area (Å²) in [5.74, 6) is 0.815. The second-order valence-corrected chi connectivity index (χ2v) is 5.37. The maximum Gasteiger partial charge on any atom is 0.132 e. The van der Waals surface area contributed by atoms with Gasteiger partial charge in [0.2, 0.25) is 0 Å². The maximum absolute atomic E-state index is 11.2. The number of anilines is 1. The van der Waals surface area contributed by atoms with Gasteiger partial charge >= 0.3 is 0 Å². The van der Waals surface area contributed by atoms with Crippen molar-refractivity contribution in [2.75, 3.05) is 11.9 Å². The monoisotopic (exact) mass is 267 g/mol. The maximum atomic E-state index is 11.2. The van der Waals surface area contributed by atoms with Gasteiger partial charge in [-0.15, -0.1) is 0 Å². The van der Waals surface area contributed by atoms with E-state index >= 15 is 0 Å². The largest absolute Gasteiger partial charge is 0.489 e. The fraction of sp³-hybridized carbons (Fsp3) is 0.235. The molecular weight excluding hydrogens is 250 g/mol. The summed E-state index contributed by atoms with van der Waals surface area (Å²) in [6, 6.07) is 15.9. The van der Waals surface area contributed by atoms with E-state index in [1.165, 1.54) is 0 Å². The molecule has 1 heterocycles. The minimum absolute atomic E-state index is 0.423. The Balaban J connectivity index is 1.76. The Kier molecular flexibility index (Phi) is 3.18. The first-order chi connectivity index (χ1) is 9.71. The molecule has 1 N–H and O–H groups in total. The van der Waals surface area contributed by atoms with Crippen LogP contribution in [-0.4, -0.2) is 12.8 Å². The van der Waals surface area contributed by atoms with Gasteiger partial charge < -0.3 is 14.8 Å². The molecule has 1 aliphatic heterocycles. The van der Waals surface area contributed by atoms with Crippen molar-refractivity contribution in [3.05, 3.63) is 59.7 Å². The van der Waals surface area contributed by atoms with Gasteiger partial charge in [0.1, 0.15) is 18.6 Å². The minimum Gasteiger partial charge on any atom is -0.489 e. The molecule has 1 aliphatic rings. The number of carbonyl (C=O) groups excluding carboxylic acids is 1. The Labute approximate surface area is 118 Å². The van der Waals surface area contributed by atoms with Crippen molar-refractivity contribution < 1.29 is 9.53 Å². The number of benzene rings is 2. The van der Waals surface area contributed by atoms with E-state index in [0.29, 0.717) is 13.2 Å². The van der Waals surface area contributed by atoms with Crippen molar-refractivity contribution in [2.45, 2.75) is 18.9 Å². The topological polar surface area (TPSA) is 38.3 Å². The van der Waals surface area contributed by atoms with Gasteiger partial charge in [-0.2, -0.15) is 0 Å². The molecule has 0 aliphatic carbocycles. The fourth-order valence-electron chi connectivity index (χ4n) is 2.48. The van der Waals surface area contributed by atoms with E-state index in [4.69, 9.17) is 4.74 Å². The molecule has 1 atom stereocenters. The Morgan fingerprint density at radius 2 is 2.05 bits per heavy atom. The van der Waals surface area contributed by atoms with Gasteiger partial charge in [-0.25, -0.2) is 0 Å². The SMILES string of the molecule is CC1(C=O)CNc2cc(OCc3ccccc3)ccc21. The lowest BCUT2D eigenvalue weighted by molar-refractivity contribution is -0.111. The Hall–Kier alpha value is -2.29. The summed E-state index contributed by atoms with van der Waals surface area (Å²) in [5, 5.41) is 3.27. The summed E-state index contributed by atoms with van der Waals surface area (Å²) in [5.41, 5.74) is 2.75. The van der Waals surface area contributed by atoms with E-state index in [0.717, 1.165) is 28.8 Å². The molecule has 0 spiro atoms. The number of nitrogens with one attached hydrogen (secondary N) is 1. The van der Waals surface area contributed by atoms with E-state index in [1.807, 2.05) is 55.5 Å². The molecule has 0 radical (unpaired) electrons. The average molecular weight is 267 g/mol. The molecule has 20 heavy (non-hydrogen) atoms. The van der Waals surface area contributed by atoms with Crippen LogP contribution in [0.2, 0.25) is 0 Å². The molecule has 0 amide bonds. The van der Waals surface area contributed by atoms with E-state index in [2.05, 4.69) is 5.32 Å². The summed E-state index contributed by atoms with van der Waals surface area (Å²) >= 11 is 0. The molecule has 2 aromatic rings. The third kappa shape index (κ3) is 2.27. The smallest absolute Gasteiger partial charge is 0.132 e. The van der Waals surface area contributed by atoms with Gasteiger partial charge in [-0.3, -0.25) is 0 Å². The third-order valence-corrected chi connectivity index (χ3v) is 3.76. The van der Waals surface area contributed by atoms with E-state index < -0.39 is 5.41 Å². The fourth-order valence-corrected chi connectivity index (χ4v) is 2.48. The van der Waals surface area contributed by atoms with Crippen molar-refractivity contribution in [3.8, 4) is 5.75 Å². The Morgan fingerprint density at radius 3 is 2.80 bits per heavy atom. The van der Waals surface area contributed by atoms with Crippen LogP contribution >= 0.6 is 0 Å². The molecule has 3 rings (SSSR count). The van der Waals surface area contributed by atoms with Crippen molar-refractivity contribution in [2.24, 2.45) is 0 Å². The predicted molar refractivity (Wildman–Crippen MR) is 79.1 cm³/mol. The van der Waals surface area contributed by atoms with Crippen LogP contribution in [0.3, 0.4) is 0 Å². The van der Waals surface area contributed by atoms with Crippen LogP contribution in [0.4, 0.5) is 5.69 Å². The second kappa shape index (κ2) is 5.00. The highest BCUT2D eigenvalue weighted by atomic mass is 16.5. The molecule has 0 saturated carbocycles. The number of hydrogen-bond acceptors (Lipinski definition) is 3. The van der Waals surface area contributed by atoms with Crippen LogP contribution in [0.25, 0.3) is 0 Å². The molecule has 2 aromatic carbocycles. The highest BCUT2D eigenvalue weighted by molar-refractivity contribution is 5.78. The van der Waals surface area contributed by atoms with Gasteiger partial charge in [0.15, 0.2) is 0 Å². The zero-order valence-corrected chi connectivity index (χ0v) is 11.4. The Morgan fingerprint density at radius 1 is 1.25 bits per heavy atom. The van der Waals surface area contributed by atoms with E-state index in [1.54, 1.807) is 0 Å². The molecule has 0 bridgehead atoms. The first kappa shape index (κ1) is 12.7. The van der Waals surface area contributed by atoms with E-state index in [-0.39, 0.29) is 0 Å². The lowest BCUT2D eigenvalue weighted by Crippen LogP contribution is -2.25. The summed E-state index contributed by atoms with van der Waals surface area (Å²) in [6.07, 6.45) is 1.01. The zero-order chi connectivity index (χ0) is 14.0. The van der Waals surface area contributed by atoms with Gasteiger partial charge in [0, 0.05) is 18.3 Å². The molecule has 0 aromatic heterocycles. The van der Waals surface area contributed by atoms with Crippen LogP contribution in [-0.2, 0) is 16.8 Å². The molecule has 3 heteroatoms. The number of ether oxygens (including phenoxy) is 1. The summed E-state index contributed by atoms with van der Waals surface area (Å²) < 4.78 is 5.79. The van der Waals surface area contributed by atoms with Crippen LogP contribution in [0.15, 0.2) is 48.5 Å². The number of rotatable bonds is 4. The van der Waals surface area contributed by atoms with Gasteiger partial charge in [0.05, 0.1) is 5.41 Å². The predicted octanol–water partition coefficient (Wildman–Crippen LogP) is 3.15. The first-order valence-corrected chi connectivity index (χ1v) is 6.73. The van der Waals surface area contributed by atoms with Crippen molar-refractivity contribution in [1.29, 1.82) is 0 Å². The highest BCUT2D eigenvalue weighted by Gasteiger charge is 2.34. The minimum atomic E-state index is -0.423. The second-order valence-electron chi connectivity index (χ2n) is 5.37. The normalized spacial score (nSPS) is 20.1. The molecule has 0 fully saturated rings. The third-order valence-electron chi connectivity index (χ3n) is 3.76. The number of fused-ring (bicyclic) bond motifs is 1. The average Bonchev–Trinajstić information content (AvgIpc) is 2.84. The molecule has 0 saturated heterocycles. The highest BCUT2D eigenvalue weighted by Crippen LogP contribution is 2.37. The molecule has 1 unspecified atom stereocenters. The number of aldehydes is 1. The van der Waals surface area contributed by atoms with Gasteiger partial charge in [0.25, 0.3) is 0 Å².